The molecule has 2 fully saturated rings. The first-order valence-electron chi connectivity index (χ1n) is 9.95. The summed E-state index contributed by atoms with van der Waals surface area (Å²) in [5.74, 6) is -0.0462. The van der Waals surface area contributed by atoms with Gasteiger partial charge in [-0.2, -0.15) is 4.31 Å². The van der Waals surface area contributed by atoms with Gasteiger partial charge in [-0.3, -0.25) is 4.79 Å². The van der Waals surface area contributed by atoms with E-state index in [0.717, 1.165) is 44.9 Å². The molecule has 0 aromatic heterocycles. The standard InChI is InChI=1S/C20H30N2O3S/c1-2-22(18-11-5-3-6-12-18)20(23)17-10-9-13-19(16-17)26(24,25)21-14-7-4-8-15-21/h9-10,13,16,18H,2-8,11-12,14-15H2,1H3. The molecule has 2 aliphatic rings. The Morgan fingerprint density at radius 1 is 1.08 bits per heavy atom. The summed E-state index contributed by atoms with van der Waals surface area (Å²) < 4.78 is 27.4. The van der Waals surface area contributed by atoms with Gasteiger partial charge < -0.3 is 4.90 Å². The Kier molecular flexibility index (Phi) is 6.35. The Morgan fingerprint density at radius 3 is 2.38 bits per heavy atom. The zero-order chi connectivity index (χ0) is 18.6. The summed E-state index contributed by atoms with van der Waals surface area (Å²) in [5.41, 5.74) is 0.482. The minimum Gasteiger partial charge on any atom is -0.336 e. The molecule has 0 radical (unpaired) electrons. The van der Waals surface area contributed by atoms with Gasteiger partial charge in [0.1, 0.15) is 0 Å². The van der Waals surface area contributed by atoms with Crippen LogP contribution in [0.1, 0.15) is 68.6 Å². The van der Waals surface area contributed by atoms with Crippen molar-refractivity contribution in [2.24, 2.45) is 0 Å². The van der Waals surface area contributed by atoms with E-state index in [2.05, 4.69) is 0 Å². The predicted molar refractivity (Wildman–Crippen MR) is 103 cm³/mol. The number of sulfonamides is 1. The van der Waals surface area contributed by atoms with Crippen LogP contribution in [0.25, 0.3) is 0 Å². The molecule has 0 N–H and O–H groups in total. The fourth-order valence-electron chi connectivity index (χ4n) is 4.17. The normalized spacial score (nSPS) is 20.0. The fraction of sp³-hybridized carbons (Fsp3) is 0.650. The van der Waals surface area contributed by atoms with Crippen LogP contribution in [-0.2, 0) is 10.0 Å². The van der Waals surface area contributed by atoms with E-state index in [4.69, 9.17) is 0 Å². The lowest BCUT2D eigenvalue weighted by atomic mass is 9.93. The number of amides is 1. The number of nitrogens with zero attached hydrogens (tertiary/aromatic N) is 2. The molecule has 1 saturated carbocycles. The van der Waals surface area contributed by atoms with Crippen molar-refractivity contribution < 1.29 is 13.2 Å². The quantitative estimate of drug-likeness (QED) is 0.786. The number of benzene rings is 1. The second-order valence-corrected chi connectivity index (χ2v) is 9.31. The van der Waals surface area contributed by atoms with Gasteiger partial charge in [0.15, 0.2) is 0 Å². The maximum absolute atomic E-state index is 13.0. The first-order valence-corrected chi connectivity index (χ1v) is 11.4. The molecule has 6 heteroatoms. The lowest BCUT2D eigenvalue weighted by Crippen LogP contribution is -2.41. The van der Waals surface area contributed by atoms with Crippen molar-refractivity contribution >= 4 is 15.9 Å². The number of piperidine rings is 1. The van der Waals surface area contributed by atoms with Crippen LogP contribution in [0.3, 0.4) is 0 Å². The third kappa shape index (κ3) is 4.12. The first-order chi connectivity index (χ1) is 12.5. The van der Waals surface area contributed by atoms with E-state index in [1.807, 2.05) is 11.8 Å². The summed E-state index contributed by atoms with van der Waals surface area (Å²) in [5, 5.41) is 0. The van der Waals surface area contributed by atoms with E-state index < -0.39 is 10.0 Å². The smallest absolute Gasteiger partial charge is 0.254 e. The van der Waals surface area contributed by atoms with E-state index in [0.29, 0.717) is 25.2 Å². The lowest BCUT2D eigenvalue weighted by molar-refractivity contribution is 0.0647. The molecule has 3 rings (SSSR count). The molecule has 0 bridgehead atoms. The van der Waals surface area contributed by atoms with Gasteiger partial charge in [-0.1, -0.05) is 31.7 Å². The Morgan fingerprint density at radius 2 is 1.73 bits per heavy atom. The summed E-state index contributed by atoms with van der Waals surface area (Å²) in [6, 6.07) is 6.89. The van der Waals surface area contributed by atoms with Gasteiger partial charge in [0.05, 0.1) is 4.90 Å². The van der Waals surface area contributed by atoms with Crippen LogP contribution in [0.15, 0.2) is 29.2 Å². The van der Waals surface area contributed by atoms with Gasteiger partial charge in [-0.15, -0.1) is 0 Å². The molecular formula is C20H30N2O3S. The van der Waals surface area contributed by atoms with E-state index in [1.165, 1.54) is 6.42 Å². The van der Waals surface area contributed by atoms with E-state index in [-0.39, 0.29) is 16.8 Å². The molecule has 1 saturated heterocycles. The molecule has 0 spiro atoms. The summed E-state index contributed by atoms with van der Waals surface area (Å²) in [4.78, 5) is 15.2. The van der Waals surface area contributed by atoms with Gasteiger partial charge in [-0.25, -0.2) is 8.42 Å². The van der Waals surface area contributed by atoms with Crippen LogP contribution < -0.4 is 0 Å². The third-order valence-corrected chi connectivity index (χ3v) is 7.55. The van der Waals surface area contributed by atoms with Gasteiger partial charge in [0.25, 0.3) is 5.91 Å². The van der Waals surface area contributed by atoms with Gasteiger partial charge in [-0.05, 0) is 50.8 Å². The van der Waals surface area contributed by atoms with Crippen molar-refractivity contribution in [3.05, 3.63) is 29.8 Å². The fourth-order valence-corrected chi connectivity index (χ4v) is 5.73. The zero-order valence-corrected chi connectivity index (χ0v) is 16.5. The Labute approximate surface area is 157 Å². The van der Waals surface area contributed by atoms with Gasteiger partial charge >= 0.3 is 0 Å². The van der Waals surface area contributed by atoms with Crippen molar-refractivity contribution in [2.45, 2.75) is 69.2 Å². The van der Waals surface area contributed by atoms with Crippen LogP contribution in [-0.4, -0.2) is 49.2 Å². The second kappa shape index (κ2) is 8.53. The lowest BCUT2D eigenvalue weighted by Gasteiger charge is -2.33. The van der Waals surface area contributed by atoms with Crippen LogP contribution in [0.2, 0.25) is 0 Å². The minimum atomic E-state index is -3.51. The number of rotatable bonds is 5. The SMILES string of the molecule is CCN(C(=O)c1cccc(S(=O)(=O)N2CCCCC2)c1)C1CCCCC1. The van der Waals surface area contributed by atoms with Crippen molar-refractivity contribution in [1.29, 1.82) is 0 Å². The highest BCUT2D eigenvalue weighted by molar-refractivity contribution is 7.89. The Hall–Kier alpha value is -1.40. The number of carbonyl (C=O) groups excluding carboxylic acids is 1. The number of carbonyl (C=O) groups is 1. The van der Waals surface area contributed by atoms with Crippen molar-refractivity contribution in [2.75, 3.05) is 19.6 Å². The molecule has 0 atom stereocenters. The Balaban J connectivity index is 1.82. The average molecular weight is 379 g/mol. The highest BCUT2D eigenvalue weighted by Crippen LogP contribution is 2.25. The molecular weight excluding hydrogens is 348 g/mol. The topological polar surface area (TPSA) is 57.7 Å². The van der Waals surface area contributed by atoms with E-state index >= 15 is 0 Å². The largest absolute Gasteiger partial charge is 0.336 e. The highest BCUT2D eigenvalue weighted by atomic mass is 32.2. The van der Waals surface area contributed by atoms with Crippen LogP contribution in [0, 0.1) is 0 Å². The maximum Gasteiger partial charge on any atom is 0.254 e. The molecule has 26 heavy (non-hydrogen) atoms. The molecule has 0 unspecified atom stereocenters. The Bertz CT molecular complexity index is 720. The first kappa shape index (κ1) is 19.4. The van der Waals surface area contributed by atoms with Crippen molar-refractivity contribution in [1.82, 2.24) is 9.21 Å². The monoisotopic (exact) mass is 378 g/mol. The summed E-state index contributed by atoms with van der Waals surface area (Å²) in [6.07, 6.45) is 8.56. The molecule has 1 heterocycles. The molecule has 1 aromatic carbocycles. The minimum absolute atomic E-state index is 0.0462. The van der Waals surface area contributed by atoms with Crippen molar-refractivity contribution in [3.63, 3.8) is 0 Å². The highest BCUT2D eigenvalue weighted by Gasteiger charge is 2.28. The number of hydrogen-bond donors (Lipinski definition) is 0. The zero-order valence-electron chi connectivity index (χ0n) is 15.7. The average Bonchev–Trinajstić information content (AvgIpc) is 2.70. The molecule has 144 valence electrons. The van der Waals surface area contributed by atoms with Crippen molar-refractivity contribution in [3.8, 4) is 0 Å². The van der Waals surface area contributed by atoms with E-state index in [9.17, 15) is 13.2 Å². The van der Waals surface area contributed by atoms with Crippen LogP contribution >= 0.6 is 0 Å². The molecule has 1 aromatic rings. The van der Waals surface area contributed by atoms with Gasteiger partial charge in [0.2, 0.25) is 10.0 Å². The summed E-state index contributed by atoms with van der Waals surface area (Å²) in [7, 11) is -3.51. The van der Waals surface area contributed by atoms with Gasteiger partial charge in [0, 0.05) is 31.2 Å². The van der Waals surface area contributed by atoms with Crippen LogP contribution in [0.5, 0.6) is 0 Å². The maximum atomic E-state index is 13.0. The van der Waals surface area contributed by atoms with E-state index in [1.54, 1.807) is 28.6 Å². The predicted octanol–water partition coefficient (Wildman–Crippen LogP) is 3.66. The summed E-state index contributed by atoms with van der Waals surface area (Å²) >= 11 is 0. The van der Waals surface area contributed by atoms with Crippen LogP contribution in [0.4, 0.5) is 0 Å². The molecule has 5 nitrogen and oxygen atoms in total. The molecule has 1 aliphatic heterocycles. The molecule has 1 aliphatic carbocycles. The second-order valence-electron chi connectivity index (χ2n) is 7.38. The molecule has 1 amide bonds. The number of hydrogen-bond acceptors (Lipinski definition) is 3. The summed E-state index contributed by atoms with van der Waals surface area (Å²) in [6.45, 7) is 3.81. The third-order valence-electron chi connectivity index (χ3n) is 5.65.